The van der Waals surface area contributed by atoms with Crippen molar-refractivity contribution < 1.29 is 4.79 Å². The fraction of sp³-hybridized carbons (Fsp3) is 0.214. The van der Waals surface area contributed by atoms with E-state index in [4.69, 9.17) is 0 Å². The van der Waals surface area contributed by atoms with Gasteiger partial charge in [-0.1, -0.05) is 24.3 Å². The quantitative estimate of drug-likeness (QED) is 0.919. The Kier molecular flexibility index (Phi) is 3.22. The lowest BCUT2D eigenvalue weighted by Crippen LogP contribution is -2.32. The van der Waals surface area contributed by atoms with Crippen LogP contribution in [0, 0.1) is 0 Å². The van der Waals surface area contributed by atoms with E-state index in [0.29, 0.717) is 5.92 Å². The molecule has 0 fully saturated rings. The van der Waals surface area contributed by atoms with Crippen molar-refractivity contribution >= 4 is 33.2 Å². The standard InChI is InChI=1S/C14H12BrNOS/c15-13-6-11(8-18-13)14(17)16-7-10-5-9-3-1-2-4-12(9)10/h1-4,6,8,10H,5,7H2,(H,16,17). The molecule has 1 heterocycles. The van der Waals surface area contributed by atoms with Gasteiger partial charge in [0.1, 0.15) is 0 Å². The maximum atomic E-state index is 11.9. The number of hydrogen-bond donors (Lipinski definition) is 1. The second-order valence-corrected chi connectivity index (χ2v) is 6.74. The van der Waals surface area contributed by atoms with Crippen LogP contribution in [0.25, 0.3) is 0 Å². The maximum absolute atomic E-state index is 11.9. The molecule has 2 aromatic rings. The second-order valence-electron chi connectivity index (χ2n) is 4.45. The number of hydrogen-bond acceptors (Lipinski definition) is 2. The number of thiophene rings is 1. The highest BCUT2D eigenvalue weighted by atomic mass is 79.9. The van der Waals surface area contributed by atoms with Gasteiger partial charge in [0.05, 0.1) is 9.35 Å². The smallest absolute Gasteiger partial charge is 0.252 e. The van der Waals surface area contributed by atoms with Gasteiger partial charge >= 0.3 is 0 Å². The summed E-state index contributed by atoms with van der Waals surface area (Å²) in [6.07, 6.45) is 1.07. The number of fused-ring (bicyclic) bond motifs is 1. The second kappa shape index (κ2) is 4.86. The fourth-order valence-corrected chi connectivity index (χ4v) is 3.43. The van der Waals surface area contributed by atoms with Crippen molar-refractivity contribution in [1.29, 1.82) is 0 Å². The molecule has 1 aromatic heterocycles. The van der Waals surface area contributed by atoms with Crippen LogP contribution in [0.1, 0.15) is 27.4 Å². The molecule has 1 aromatic carbocycles. The number of halogens is 1. The van der Waals surface area contributed by atoms with E-state index in [1.807, 2.05) is 11.4 Å². The Balaban J connectivity index is 1.59. The lowest BCUT2D eigenvalue weighted by molar-refractivity contribution is 0.0950. The van der Waals surface area contributed by atoms with Crippen LogP contribution < -0.4 is 5.32 Å². The minimum atomic E-state index is 0.0151. The fourth-order valence-electron chi connectivity index (χ4n) is 2.29. The number of carbonyl (C=O) groups is 1. The Morgan fingerprint density at radius 2 is 2.28 bits per heavy atom. The molecule has 0 saturated heterocycles. The van der Waals surface area contributed by atoms with E-state index in [9.17, 15) is 4.79 Å². The third-order valence-corrected chi connectivity index (χ3v) is 4.80. The zero-order chi connectivity index (χ0) is 12.5. The molecular formula is C14H12BrNOS. The zero-order valence-corrected chi connectivity index (χ0v) is 12.1. The summed E-state index contributed by atoms with van der Waals surface area (Å²) in [6.45, 7) is 0.726. The lowest BCUT2D eigenvalue weighted by atomic mass is 9.77. The molecule has 1 amide bonds. The highest BCUT2D eigenvalue weighted by Crippen LogP contribution is 2.34. The van der Waals surface area contributed by atoms with Gasteiger partial charge in [-0.15, -0.1) is 11.3 Å². The van der Waals surface area contributed by atoms with E-state index in [1.54, 1.807) is 0 Å². The molecule has 0 saturated carbocycles. The molecule has 1 atom stereocenters. The topological polar surface area (TPSA) is 29.1 Å². The van der Waals surface area contributed by atoms with Crippen LogP contribution in [0.4, 0.5) is 0 Å². The van der Waals surface area contributed by atoms with Gasteiger partial charge < -0.3 is 5.32 Å². The minimum Gasteiger partial charge on any atom is -0.351 e. The Bertz CT molecular complexity index is 593. The normalized spacial score (nSPS) is 16.8. The van der Waals surface area contributed by atoms with Crippen LogP contribution >= 0.6 is 27.3 Å². The summed E-state index contributed by atoms with van der Waals surface area (Å²) in [4.78, 5) is 11.9. The number of carbonyl (C=O) groups excluding carboxylic acids is 1. The monoisotopic (exact) mass is 321 g/mol. The van der Waals surface area contributed by atoms with Crippen LogP contribution in [0.5, 0.6) is 0 Å². The van der Waals surface area contributed by atoms with E-state index in [2.05, 4.69) is 45.5 Å². The molecule has 1 aliphatic rings. The van der Waals surface area contributed by atoms with Crippen molar-refractivity contribution in [3.63, 3.8) is 0 Å². The number of amides is 1. The number of nitrogens with one attached hydrogen (secondary N) is 1. The maximum Gasteiger partial charge on any atom is 0.252 e. The van der Waals surface area contributed by atoms with Gasteiger partial charge in [0.25, 0.3) is 5.91 Å². The van der Waals surface area contributed by atoms with Gasteiger partial charge in [0, 0.05) is 17.8 Å². The molecule has 1 N–H and O–H groups in total. The predicted octanol–water partition coefficient (Wildman–Crippen LogP) is 3.58. The van der Waals surface area contributed by atoms with Crippen molar-refractivity contribution in [3.05, 3.63) is 56.2 Å². The van der Waals surface area contributed by atoms with Crippen molar-refractivity contribution in [1.82, 2.24) is 5.32 Å². The summed E-state index contributed by atoms with van der Waals surface area (Å²) in [5, 5.41) is 4.87. The summed E-state index contributed by atoms with van der Waals surface area (Å²) in [5.41, 5.74) is 3.53. The molecule has 0 bridgehead atoms. The first-order chi connectivity index (χ1) is 8.74. The van der Waals surface area contributed by atoms with Crippen molar-refractivity contribution in [2.24, 2.45) is 0 Å². The van der Waals surface area contributed by atoms with Gasteiger partial charge in [0.15, 0.2) is 0 Å². The molecule has 0 spiro atoms. The van der Waals surface area contributed by atoms with Crippen molar-refractivity contribution in [2.75, 3.05) is 6.54 Å². The van der Waals surface area contributed by atoms with Crippen LogP contribution in [-0.2, 0) is 6.42 Å². The van der Waals surface area contributed by atoms with Gasteiger partial charge in [-0.05, 0) is 39.5 Å². The zero-order valence-electron chi connectivity index (χ0n) is 9.65. The van der Waals surface area contributed by atoms with Crippen molar-refractivity contribution in [3.8, 4) is 0 Å². The van der Waals surface area contributed by atoms with E-state index < -0.39 is 0 Å². The van der Waals surface area contributed by atoms with E-state index in [1.165, 1.54) is 22.5 Å². The molecule has 3 rings (SSSR count). The highest BCUT2D eigenvalue weighted by Gasteiger charge is 2.25. The van der Waals surface area contributed by atoms with Crippen LogP contribution in [0.15, 0.2) is 39.5 Å². The molecule has 0 aliphatic heterocycles. The summed E-state index contributed by atoms with van der Waals surface area (Å²) in [5.74, 6) is 0.494. The first-order valence-electron chi connectivity index (χ1n) is 5.84. The Labute approximate surface area is 118 Å². The largest absolute Gasteiger partial charge is 0.351 e. The summed E-state index contributed by atoms with van der Waals surface area (Å²) in [7, 11) is 0. The predicted molar refractivity (Wildman–Crippen MR) is 77.2 cm³/mol. The van der Waals surface area contributed by atoms with Gasteiger partial charge in [0.2, 0.25) is 0 Å². The number of rotatable bonds is 3. The Morgan fingerprint density at radius 1 is 1.44 bits per heavy atom. The van der Waals surface area contributed by atoms with E-state index in [-0.39, 0.29) is 5.91 Å². The van der Waals surface area contributed by atoms with Crippen molar-refractivity contribution in [2.45, 2.75) is 12.3 Å². The van der Waals surface area contributed by atoms with Gasteiger partial charge in [-0.25, -0.2) is 0 Å². The van der Waals surface area contributed by atoms with Crippen LogP contribution in [0.2, 0.25) is 0 Å². The molecule has 4 heteroatoms. The average Bonchev–Trinajstić information content (AvgIpc) is 2.77. The number of benzene rings is 1. The first-order valence-corrected chi connectivity index (χ1v) is 7.51. The molecule has 1 unspecified atom stereocenters. The van der Waals surface area contributed by atoms with E-state index in [0.717, 1.165) is 22.3 Å². The van der Waals surface area contributed by atoms with Gasteiger partial charge in [-0.2, -0.15) is 0 Å². The highest BCUT2D eigenvalue weighted by molar-refractivity contribution is 9.11. The van der Waals surface area contributed by atoms with E-state index >= 15 is 0 Å². The molecule has 92 valence electrons. The third kappa shape index (κ3) is 2.22. The average molecular weight is 322 g/mol. The third-order valence-electron chi connectivity index (χ3n) is 3.30. The summed E-state index contributed by atoms with van der Waals surface area (Å²) >= 11 is 4.90. The SMILES string of the molecule is O=C(NCC1Cc2ccccc21)c1csc(Br)c1. The minimum absolute atomic E-state index is 0.0151. The van der Waals surface area contributed by atoms with Crippen LogP contribution in [0.3, 0.4) is 0 Å². The Morgan fingerprint density at radius 3 is 3.00 bits per heavy atom. The molecule has 0 radical (unpaired) electrons. The molecule has 1 aliphatic carbocycles. The summed E-state index contributed by atoms with van der Waals surface area (Å²) < 4.78 is 0.988. The van der Waals surface area contributed by atoms with Crippen LogP contribution in [-0.4, -0.2) is 12.5 Å². The molecule has 18 heavy (non-hydrogen) atoms. The summed E-state index contributed by atoms with van der Waals surface area (Å²) in [6, 6.07) is 10.3. The van der Waals surface area contributed by atoms with Gasteiger partial charge in [-0.3, -0.25) is 4.79 Å². The molecule has 2 nitrogen and oxygen atoms in total. The Hall–Kier alpha value is -1.13. The molecular weight excluding hydrogens is 310 g/mol. The lowest BCUT2D eigenvalue weighted by Gasteiger charge is -2.30. The first kappa shape index (κ1) is 11.9.